The van der Waals surface area contributed by atoms with Crippen LogP contribution in [0.5, 0.6) is 0 Å². The summed E-state index contributed by atoms with van der Waals surface area (Å²) in [7, 11) is 0. The quantitative estimate of drug-likeness (QED) is 0.447. The smallest absolute Gasteiger partial charge is 0.229 e. The maximum absolute atomic E-state index is 10.0. The van der Waals surface area contributed by atoms with E-state index in [2.05, 4.69) is 35.5 Å². The highest BCUT2D eigenvalue weighted by molar-refractivity contribution is 5.89. The lowest BCUT2D eigenvalue weighted by atomic mass is 10.1. The molecular formula is C24H33N7O2. The maximum atomic E-state index is 10.0. The van der Waals surface area contributed by atoms with Crippen molar-refractivity contribution in [1.82, 2.24) is 24.8 Å². The van der Waals surface area contributed by atoms with Crippen LogP contribution in [-0.2, 0) is 6.54 Å². The van der Waals surface area contributed by atoms with Crippen LogP contribution in [0.4, 0.5) is 17.6 Å². The fraction of sp³-hybridized carbons (Fsp3) is 0.500. The van der Waals surface area contributed by atoms with Gasteiger partial charge in [-0.3, -0.25) is 4.90 Å². The summed E-state index contributed by atoms with van der Waals surface area (Å²) >= 11 is 0. The highest BCUT2D eigenvalue weighted by Crippen LogP contribution is 2.27. The van der Waals surface area contributed by atoms with E-state index in [1.165, 1.54) is 0 Å². The van der Waals surface area contributed by atoms with E-state index in [1.54, 1.807) is 13.1 Å². The van der Waals surface area contributed by atoms with Gasteiger partial charge in [-0.25, -0.2) is 19.9 Å². The molecule has 1 fully saturated rings. The van der Waals surface area contributed by atoms with Gasteiger partial charge in [0.15, 0.2) is 5.82 Å². The molecule has 1 atom stereocenters. The molecule has 0 aliphatic carbocycles. The van der Waals surface area contributed by atoms with E-state index in [4.69, 9.17) is 0 Å². The Morgan fingerprint density at radius 2 is 1.88 bits per heavy atom. The summed E-state index contributed by atoms with van der Waals surface area (Å²) in [4.78, 5) is 20.6. The molecule has 0 amide bonds. The molecule has 9 nitrogen and oxygen atoms in total. The van der Waals surface area contributed by atoms with E-state index in [-0.39, 0.29) is 11.6 Å². The first-order chi connectivity index (χ1) is 15.7. The van der Waals surface area contributed by atoms with E-state index >= 15 is 0 Å². The van der Waals surface area contributed by atoms with E-state index in [9.17, 15) is 10.2 Å². The van der Waals surface area contributed by atoms with Crippen LogP contribution in [-0.4, -0.2) is 59.8 Å². The lowest BCUT2D eigenvalue weighted by Gasteiger charge is -2.29. The Labute approximate surface area is 194 Å². The number of likely N-dealkylation sites (tertiary alicyclic amines) is 1. The molecule has 9 heteroatoms. The van der Waals surface area contributed by atoms with Crippen molar-refractivity contribution in [3.05, 3.63) is 41.9 Å². The second-order valence-corrected chi connectivity index (χ2v) is 9.76. The van der Waals surface area contributed by atoms with Crippen molar-refractivity contribution in [1.29, 1.82) is 0 Å². The fourth-order valence-electron chi connectivity index (χ4n) is 3.82. The Hall–Kier alpha value is -2.88. The van der Waals surface area contributed by atoms with E-state index in [0.29, 0.717) is 28.8 Å². The van der Waals surface area contributed by atoms with E-state index < -0.39 is 6.10 Å². The number of rotatable bonds is 6. The van der Waals surface area contributed by atoms with Gasteiger partial charge in [-0.2, -0.15) is 0 Å². The molecule has 3 aromatic rings. The number of aliphatic hydroxyl groups excluding tert-OH is 2. The first kappa shape index (κ1) is 23.3. The molecule has 0 spiro atoms. The summed E-state index contributed by atoms with van der Waals surface area (Å²) in [5.74, 6) is 1.69. The Morgan fingerprint density at radius 3 is 2.52 bits per heavy atom. The zero-order valence-corrected chi connectivity index (χ0v) is 19.7. The lowest BCUT2D eigenvalue weighted by molar-refractivity contribution is 0.0792. The second kappa shape index (κ2) is 9.54. The van der Waals surface area contributed by atoms with Crippen molar-refractivity contribution in [3.63, 3.8) is 0 Å². The summed E-state index contributed by atoms with van der Waals surface area (Å²) in [6.45, 7) is 10.5. The molecule has 3 aromatic heterocycles. The van der Waals surface area contributed by atoms with Crippen LogP contribution < -0.4 is 10.6 Å². The largest absolute Gasteiger partial charge is 0.393 e. The molecule has 1 aliphatic heterocycles. The molecule has 1 aliphatic rings. The van der Waals surface area contributed by atoms with Gasteiger partial charge in [-0.15, -0.1) is 0 Å². The van der Waals surface area contributed by atoms with Crippen molar-refractivity contribution in [2.75, 3.05) is 23.7 Å². The van der Waals surface area contributed by atoms with E-state index in [0.717, 1.165) is 43.4 Å². The molecular weight excluding hydrogens is 418 g/mol. The molecule has 0 aromatic carbocycles. The normalized spacial score (nSPS) is 16.7. The van der Waals surface area contributed by atoms with Crippen molar-refractivity contribution < 1.29 is 10.2 Å². The molecule has 1 saturated heterocycles. The number of hydrogen-bond donors (Lipinski definition) is 4. The van der Waals surface area contributed by atoms with Gasteiger partial charge in [-0.05, 0) is 58.2 Å². The molecule has 0 bridgehead atoms. The van der Waals surface area contributed by atoms with Crippen LogP contribution in [0.2, 0.25) is 0 Å². The topological polar surface area (TPSA) is 119 Å². The third kappa shape index (κ3) is 6.13. The minimum Gasteiger partial charge on any atom is -0.393 e. The van der Waals surface area contributed by atoms with E-state index in [1.807, 2.05) is 45.2 Å². The Balaban J connectivity index is 1.52. The average Bonchev–Trinajstić information content (AvgIpc) is 2.76. The SMILES string of the molecule is C[C@@H](O)c1cc2cnc(Nc3ccc(CN4CCC(O)CC4)cn3)nc2c(NC(C)(C)C)n1. The monoisotopic (exact) mass is 451 g/mol. The maximum Gasteiger partial charge on any atom is 0.229 e. The minimum atomic E-state index is -0.689. The molecule has 0 radical (unpaired) electrons. The molecule has 4 N–H and O–H groups in total. The van der Waals surface area contributed by atoms with Gasteiger partial charge in [0.1, 0.15) is 11.3 Å². The summed E-state index contributed by atoms with van der Waals surface area (Å²) < 4.78 is 0. The summed E-state index contributed by atoms with van der Waals surface area (Å²) in [5.41, 5.74) is 2.15. The molecule has 4 heterocycles. The van der Waals surface area contributed by atoms with Gasteiger partial charge in [0.05, 0.1) is 17.9 Å². The number of aliphatic hydroxyl groups is 2. The van der Waals surface area contributed by atoms with Gasteiger partial charge in [-0.1, -0.05) is 6.07 Å². The molecule has 0 saturated carbocycles. The van der Waals surface area contributed by atoms with Crippen molar-refractivity contribution in [2.24, 2.45) is 0 Å². The van der Waals surface area contributed by atoms with Gasteiger partial charge in [0.2, 0.25) is 5.95 Å². The van der Waals surface area contributed by atoms with Crippen LogP contribution in [0, 0.1) is 0 Å². The Bertz CT molecular complexity index is 1090. The standard InChI is InChI=1S/C24H33N7O2/c1-15(32)19-11-17-13-26-23(29-21(17)22(27-19)30-24(2,3)4)28-20-6-5-16(12-25-20)14-31-9-7-18(33)8-10-31/h5-6,11-13,15,18,32-33H,7-10,14H2,1-4H3,(H,27,30)(H,25,26,28,29)/t15-/m1/s1. The third-order valence-corrected chi connectivity index (χ3v) is 5.53. The zero-order chi connectivity index (χ0) is 23.6. The summed E-state index contributed by atoms with van der Waals surface area (Å²) in [6.07, 6.45) is 4.38. The molecule has 4 rings (SSSR count). The number of pyridine rings is 2. The van der Waals surface area contributed by atoms with Crippen LogP contribution in [0.25, 0.3) is 10.9 Å². The highest BCUT2D eigenvalue weighted by atomic mass is 16.3. The predicted molar refractivity (Wildman–Crippen MR) is 129 cm³/mol. The minimum absolute atomic E-state index is 0.166. The van der Waals surface area contributed by atoms with Crippen molar-refractivity contribution >= 4 is 28.5 Å². The number of fused-ring (bicyclic) bond motifs is 1. The predicted octanol–water partition coefficient (Wildman–Crippen LogP) is 3.38. The van der Waals surface area contributed by atoms with Crippen LogP contribution in [0.1, 0.15) is 57.9 Å². The zero-order valence-electron chi connectivity index (χ0n) is 19.7. The first-order valence-electron chi connectivity index (χ1n) is 11.4. The van der Waals surface area contributed by atoms with Gasteiger partial charge in [0.25, 0.3) is 0 Å². The molecule has 33 heavy (non-hydrogen) atoms. The van der Waals surface area contributed by atoms with Crippen LogP contribution in [0.15, 0.2) is 30.6 Å². The second-order valence-electron chi connectivity index (χ2n) is 9.76. The average molecular weight is 452 g/mol. The molecule has 176 valence electrons. The first-order valence-corrected chi connectivity index (χ1v) is 11.4. The number of anilines is 3. The van der Waals surface area contributed by atoms with Crippen LogP contribution in [0.3, 0.4) is 0 Å². The van der Waals surface area contributed by atoms with Gasteiger partial charge < -0.3 is 20.8 Å². The summed E-state index contributed by atoms with van der Waals surface area (Å²) in [5, 5.41) is 27.1. The van der Waals surface area contributed by atoms with Crippen LogP contribution >= 0.6 is 0 Å². The molecule has 0 unspecified atom stereocenters. The van der Waals surface area contributed by atoms with Gasteiger partial charge in [0, 0.05) is 43.0 Å². The number of hydrogen-bond acceptors (Lipinski definition) is 9. The van der Waals surface area contributed by atoms with Crippen molar-refractivity contribution in [2.45, 2.75) is 64.8 Å². The van der Waals surface area contributed by atoms with Gasteiger partial charge >= 0.3 is 0 Å². The Morgan fingerprint density at radius 1 is 1.12 bits per heavy atom. The number of piperidine rings is 1. The third-order valence-electron chi connectivity index (χ3n) is 5.53. The summed E-state index contributed by atoms with van der Waals surface area (Å²) in [6, 6.07) is 5.78. The fourth-order valence-corrected chi connectivity index (χ4v) is 3.82. The highest BCUT2D eigenvalue weighted by Gasteiger charge is 2.18. The number of aromatic nitrogens is 4. The Kier molecular flexibility index (Phi) is 6.73. The lowest BCUT2D eigenvalue weighted by Crippen LogP contribution is -2.35. The van der Waals surface area contributed by atoms with Crippen molar-refractivity contribution in [3.8, 4) is 0 Å². The number of nitrogens with zero attached hydrogens (tertiary/aromatic N) is 5. The number of nitrogens with one attached hydrogen (secondary N) is 2.